The van der Waals surface area contributed by atoms with Gasteiger partial charge in [-0.15, -0.1) is 13.2 Å². The first-order valence-electron chi connectivity index (χ1n) is 19.1. The number of rotatable bonds is 25. The zero-order valence-corrected chi connectivity index (χ0v) is 32.5. The molecule has 3 heteroatoms. The maximum Gasteiger partial charge on any atom is 0.0654 e. The molecule has 3 nitrogen and oxygen atoms in total. The average molecular weight is 658 g/mol. The maximum atomic E-state index is 4.60. The Balaban J connectivity index is 0.00000369. The van der Waals surface area contributed by atoms with Crippen molar-refractivity contribution in [3.8, 4) is 0 Å². The minimum atomic E-state index is -0.0747. The van der Waals surface area contributed by atoms with Crippen LogP contribution >= 0.6 is 0 Å². The van der Waals surface area contributed by atoms with E-state index in [0.717, 1.165) is 74.3 Å². The van der Waals surface area contributed by atoms with Crippen molar-refractivity contribution in [1.29, 1.82) is 0 Å². The first kappa shape index (κ1) is 43.1. The molecule has 0 radical (unpaired) electrons. The molecule has 0 saturated heterocycles. The summed E-state index contributed by atoms with van der Waals surface area (Å²) in [5.74, 6) is 1.85. The molecule has 0 amide bonds. The van der Waals surface area contributed by atoms with E-state index in [1.165, 1.54) is 61.7 Å². The number of allylic oxidation sites excluding steroid dienone is 3. The van der Waals surface area contributed by atoms with Crippen LogP contribution in [0.15, 0.2) is 98.1 Å². The molecule has 2 rings (SSSR count). The molecule has 270 valence electrons. The van der Waals surface area contributed by atoms with Crippen molar-refractivity contribution in [3.63, 3.8) is 0 Å². The van der Waals surface area contributed by atoms with Gasteiger partial charge >= 0.3 is 0 Å². The zero-order valence-electron chi connectivity index (χ0n) is 32.5. The summed E-state index contributed by atoms with van der Waals surface area (Å²) in [6.45, 7) is 42.0. The van der Waals surface area contributed by atoms with Crippen molar-refractivity contribution in [2.75, 3.05) is 11.9 Å². The van der Waals surface area contributed by atoms with E-state index in [9.17, 15) is 0 Å². The minimum absolute atomic E-state index is 0.0747. The molecule has 1 aliphatic carbocycles. The lowest BCUT2D eigenvalue weighted by atomic mass is 9.64. The minimum Gasteiger partial charge on any atom is -0.388 e. The Kier molecular flexibility index (Phi) is 21.0. The lowest BCUT2D eigenvalue weighted by Gasteiger charge is -2.46. The van der Waals surface area contributed by atoms with E-state index in [-0.39, 0.29) is 11.5 Å². The molecule has 1 aliphatic rings. The van der Waals surface area contributed by atoms with Crippen LogP contribution in [0.2, 0.25) is 0 Å². The van der Waals surface area contributed by atoms with Gasteiger partial charge in [0.15, 0.2) is 0 Å². The fourth-order valence-electron chi connectivity index (χ4n) is 6.72. The monoisotopic (exact) mass is 658 g/mol. The molecule has 0 heterocycles. The van der Waals surface area contributed by atoms with Gasteiger partial charge in [-0.25, -0.2) is 0 Å². The van der Waals surface area contributed by atoms with Crippen LogP contribution in [0.5, 0.6) is 0 Å². The van der Waals surface area contributed by atoms with Crippen molar-refractivity contribution in [1.82, 2.24) is 10.6 Å². The van der Waals surface area contributed by atoms with Gasteiger partial charge in [0.1, 0.15) is 0 Å². The van der Waals surface area contributed by atoms with E-state index in [1.807, 2.05) is 6.92 Å². The predicted molar refractivity (Wildman–Crippen MR) is 217 cm³/mol. The number of nitrogens with one attached hydrogen (secondary N) is 3. The highest BCUT2D eigenvalue weighted by Crippen LogP contribution is 2.50. The molecular formula is C45H75N3. The SMILES string of the molecule is C=C(C)CC(C(=C)CCCCCCNC(=C)C1(C(=C)NC(CCCCC)C(=C)Nc2ccc(CC(C)C)cc2)CCC1)C(C)C.C=CC. The van der Waals surface area contributed by atoms with E-state index in [0.29, 0.717) is 17.8 Å². The third kappa shape index (κ3) is 15.5. The van der Waals surface area contributed by atoms with Gasteiger partial charge in [0.2, 0.25) is 0 Å². The molecule has 1 aromatic rings. The number of hydrogen-bond acceptors (Lipinski definition) is 3. The van der Waals surface area contributed by atoms with Crippen molar-refractivity contribution in [2.24, 2.45) is 23.2 Å². The number of unbranched alkanes of at least 4 members (excludes halogenated alkanes) is 5. The van der Waals surface area contributed by atoms with Crippen LogP contribution in [0.4, 0.5) is 5.69 Å². The normalized spacial score (nSPS) is 14.5. The van der Waals surface area contributed by atoms with Gasteiger partial charge in [-0.05, 0) is 101 Å². The van der Waals surface area contributed by atoms with Gasteiger partial charge in [0, 0.05) is 34.7 Å². The van der Waals surface area contributed by atoms with E-state index in [1.54, 1.807) is 6.08 Å². The van der Waals surface area contributed by atoms with Crippen LogP contribution in [0.3, 0.4) is 0 Å². The Morgan fingerprint density at radius 2 is 1.50 bits per heavy atom. The quantitative estimate of drug-likeness (QED) is 0.0723. The van der Waals surface area contributed by atoms with Crippen molar-refractivity contribution in [2.45, 2.75) is 144 Å². The van der Waals surface area contributed by atoms with Crippen LogP contribution in [-0.2, 0) is 6.42 Å². The number of anilines is 1. The third-order valence-electron chi connectivity index (χ3n) is 9.79. The van der Waals surface area contributed by atoms with Gasteiger partial charge < -0.3 is 16.0 Å². The molecule has 0 bridgehead atoms. The lowest BCUT2D eigenvalue weighted by Crippen LogP contribution is -2.46. The van der Waals surface area contributed by atoms with Gasteiger partial charge in [0.05, 0.1) is 6.04 Å². The van der Waals surface area contributed by atoms with Crippen molar-refractivity contribution >= 4 is 5.69 Å². The lowest BCUT2D eigenvalue weighted by molar-refractivity contribution is 0.209. The molecule has 0 aromatic heterocycles. The van der Waals surface area contributed by atoms with E-state index in [2.05, 4.69) is 121 Å². The Labute approximate surface area is 298 Å². The van der Waals surface area contributed by atoms with Crippen LogP contribution in [0.25, 0.3) is 0 Å². The fraction of sp³-hybridized carbons (Fsp3) is 0.600. The highest BCUT2D eigenvalue weighted by atomic mass is 15.0. The standard InChI is InChI=1S/C42H69N3.C3H6/c1-12-13-16-21-41(35(9)44-39-24-22-38(23-25-39)29-31(2)3)45-37(11)42(26-19-27-42)36(10)43-28-18-15-14-17-20-34(8)40(33(6)7)30-32(4)5;1-3-2/h22-25,31,33,40-41,43-45H,4,8-21,26-30H2,1-3,5-7H3;3H,1H2,2H3. The largest absolute Gasteiger partial charge is 0.388 e. The molecule has 2 unspecified atom stereocenters. The van der Waals surface area contributed by atoms with Crippen LogP contribution in [0, 0.1) is 23.2 Å². The van der Waals surface area contributed by atoms with Crippen LogP contribution < -0.4 is 16.0 Å². The van der Waals surface area contributed by atoms with Crippen molar-refractivity contribution in [3.05, 3.63) is 104 Å². The molecule has 0 aliphatic heterocycles. The number of benzene rings is 1. The van der Waals surface area contributed by atoms with E-state index in [4.69, 9.17) is 0 Å². The Bertz CT molecular complexity index is 1130. The zero-order chi connectivity index (χ0) is 36.1. The summed E-state index contributed by atoms with van der Waals surface area (Å²) in [7, 11) is 0. The average Bonchev–Trinajstić information content (AvgIpc) is 2.99. The molecular weight excluding hydrogens is 583 g/mol. The van der Waals surface area contributed by atoms with Crippen LogP contribution in [-0.4, -0.2) is 12.6 Å². The summed E-state index contributed by atoms with van der Waals surface area (Å²) < 4.78 is 0. The summed E-state index contributed by atoms with van der Waals surface area (Å²) >= 11 is 0. The second-order valence-corrected chi connectivity index (χ2v) is 15.2. The molecule has 3 N–H and O–H groups in total. The highest BCUT2D eigenvalue weighted by Gasteiger charge is 2.43. The molecule has 1 fully saturated rings. The summed E-state index contributed by atoms with van der Waals surface area (Å²) in [5.41, 5.74) is 8.31. The van der Waals surface area contributed by atoms with E-state index >= 15 is 0 Å². The summed E-state index contributed by atoms with van der Waals surface area (Å²) in [5, 5.41) is 11.2. The molecule has 1 aromatic carbocycles. The number of hydrogen-bond donors (Lipinski definition) is 3. The molecule has 48 heavy (non-hydrogen) atoms. The molecule has 2 atom stereocenters. The summed E-state index contributed by atoms with van der Waals surface area (Å²) in [6.07, 6.45) is 18.0. The Morgan fingerprint density at radius 3 is 2.02 bits per heavy atom. The second-order valence-electron chi connectivity index (χ2n) is 15.2. The Hall–Kier alpha value is -2.94. The first-order valence-corrected chi connectivity index (χ1v) is 19.1. The van der Waals surface area contributed by atoms with Crippen molar-refractivity contribution < 1.29 is 0 Å². The highest BCUT2D eigenvalue weighted by molar-refractivity contribution is 5.50. The smallest absolute Gasteiger partial charge is 0.0654 e. The molecule has 0 spiro atoms. The second kappa shape index (κ2) is 23.4. The van der Waals surface area contributed by atoms with Crippen LogP contribution in [0.1, 0.15) is 138 Å². The van der Waals surface area contributed by atoms with Gasteiger partial charge in [-0.3, -0.25) is 0 Å². The predicted octanol–water partition coefficient (Wildman–Crippen LogP) is 13.1. The fourth-order valence-corrected chi connectivity index (χ4v) is 6.72. The van der Waals surface area contributed by atoms with Gasteiger partial charge in [0.25, 0.3) is 0 Å². The summed E-state index contributed by atoms with van der Waals surface area (Å²) in [4.78, 5) is 0. The van der Waals surface area contributed by atoms with Gasteiger partial charge in [-0.2, -0.15) is 0 Å². The van der Waals surface area contributed by atoms with Gasteiger partial charge in [-0.1, -0.05) is 129 Å². The Morgan fingerprint density at radius 1 is 0.875 bits per heavy atom. The topological polar surface area (TPSA) is 36.1 Å². The van der Waals surface area contributed by atoms with E-state index < -0.39 is 0 Å². The molecule has 1 saturated carbocycles. The maximum absolute atomic E-state index is 4.60. The summed E-state index contributed by atoms with van der Waals surface area (Å²) in [6, 6.07) is 8.96. The first-order chi connectivity index (χ1) is 22.8. The third-order valence-corrected chi connectivity index (χ3v) is 9.79.